The van der Waals surface area contributed by atoms with E-state index in [2.05, 4.69) is 55.7 Å². The van der Waals surface area contributed by atoms with E-state index in [9.17, 15) is 0 Å². The number of hydrogen-bond donors (Lipinski definition) is 1. The lowest BCUT2D eigenvalue weighted by molar-refractivity contribution is 0.516. The van der Waals surface area contributed by atoms with Crippen LogP contribution in [0.4, 0.5) is 0 Å². The molecule has 3 aromatic rings. The lowest BCUT2D eigenvalue weighted by Gasteiger charge is -2.20. The summed E-state index contributed by atoms with van der Waals surface area (Å²) in [5, 5.41) is 0. The molecule has 1 aromatic heterocycles. The third-order valence-electron chi connectivity index (χ3n) is 3.90. The maximum atomic E-state index is 5.67. The van der Waals surface area contributed by atoms with Crippen molar-refractivity contribution in [2.75, 3.05) is 0 Å². The van der Waals surface area contributed by atoms with E-state index in [0.29, 0.717) is 4.99 Å². The average Bonchev–Trinajstić information content (AvgIpc) is 2.87. The molecule has 0 atom stereocenters. The number of fused-ring (bicyclic) bond motifs is 1. The zero-order chi connectivity index (χ0) is 16.6. The molecule has 2 aromatic carbocycles. The van der Waals surface area contributed by atoms with Crippen molar-refractivity contribution in [3.8, 4) is 0 Å². The van der Waals surface area contributed by atoms with Gasteiger partial charge in [0, 0.05) is 17.5 Å². The topological polar surface area (TPSA) is 43.8 Å². The van der Waals surface area contributed by atoms with E-state index < -0.39 is 0 Å². The van der Waals surface area contributed by atoms with Gasteiger partial charge in [-0.3, -0.25) is 0 Å². The van der Waals surface area contributed by atoms with Crippen molar-refractivity contribution in [2.24, 2.45) is 5.73 Å². The van der Waals surface area contributed by atoms with E-state index >= 15 is 0 Å². The number of imidazole rings is 1. The SMILES string of the molecule is CC(C)(C)c1nc2ccccc2n1Cc1ccc(C(N)=S)cc1. The first kappa shape index (κ1) is 15.7. The van der Waals surface area contributed by atoms with Gasteiger partial charge < -0.3 is 10.3 Å². The molecule has 0 aliphatic heterocycles. The summed E-state index contributed by atoms with van der Waals surface area (Å²) in [4.78, 5) is 5.28. The summed E-state index contributed by atoms with van der Waals surface area (Å²) in [6.45, 7) is 7.37. The van der Waals surface area contributed by atoms with Crippen LogP contribution in [0, 0.1) is 0 Å². The molecule has 3 nitrogen and oxygen atoms in total. The number of para-hydroxylation sites is 2. The Hall–Kier alpha value is -2.20. The van der Waals surface area contributed by atoms with Crippen LogP contribution in [0.25, 0.3) is 11.0 Å². The van der Waals surface area contributed by atoms with Crippen molar-refractivity contribution in [3.63, 3.8) is 0 Å². The van der Waals surface area contributed by atoms with Gasteiger partial charge in [-0.2, -0.15) is 0 Å². The van der Waals surface area contributed by atoms with Crippen molar-refractivity contribution < 1.29 is 0 Å². The maximum absolute atomic E-state index is 5.67. The van der Waals surface area contributed by atoms with E-state index in [1.165, 1.54) is 5.56 Å². The molecule has 0 radical (unpaired) electrons. The number of benzene rings is 2. The molecule has 23 heavy (non-hydrogen) atoms. The minimum absolute atomic E-state index is 0.0161. The Morgan fingerprint density at radius 2 is 1.74 bits per heavy atom. The molecule has 0 aliphatic carbocycles. The second-order valence-electron chi connectivity index (χ2n) is 6.82. The van der Waals surface area contributed by atoms with Gasteiger partial charge in [0.25, 0.3) is 0 Å². The van der Waals surface area contributed by atoms with Crippen LogP contribution in [0.5, 0.6) is 0 Å². The third-order valence-corrected chi connectivity index (χ3v) is 4.14. The average molecular weight is 323 g/mol. The first-order chi connectivity index (χ1) is 10.9. The van der Waals surface area contributed by atoms with E-state index in [1.807, 2.05) is 18.2 Å². The van der Waals surface area contributed by atoms with Gasteiger partial charge in [-0.25, -0.2) is 4.98 Å². The molecule has 3 rings (SSSR count). The Kier molecular flexibility index (Phi) is 3.94. The Labute approximate surface area is 142 Å². The van der Waals surface area contributed by atoms with Crippen LogP contribution in [0.2, 0.25) is 0 Å². The van der Waals surface area contributed by atoms with Gasteiger partial charge >= 0.3 is 0 Å². The summed E-state index contributed by atoms with van der Waals surface area (Å²) in [6.07, 6.45) is 0. The Morgan fingerprint density at radius 3 is 2.35 bits per heavy atom. The monoisotopic (exact) mass is 323 g/mol. The number of thiocarbonyl (C=S) groups is 1. The molecule has 4 heteroatoms. The van der Waals surface area contributed by atoms with E-state index in [-0.39, 0.29) is 5.41 Å². The molecule has 0 spiro atoms. The molecular weight excluding hydrogens is 302 g/mol. The van der Waals surface area contributed by atoms with Crippen LogP contribution >= 0.6 is 12.2 Å². The number of hydrogen-bond acceptors (Lipinski definition) is 2. The molecule has 0 aliphatic rings. The highest BCUT2D eigenvalue weighted by Gasteiger charge is 2.22. The van der Waals surface area contributed by atoms with Crippen LogP contribution in [-0.4, -0.2) is 14.5 Å². The fraction of sp³-hybridized carbons (Fsp3) is 0.263. The number of rotatable bonds is 3. The fourth-order valence-corrected chi connectivity index (χ4v) is 2.90. The van der Waals surface area contributed by atoms with Crippen LogP contribution in [-0.2, 0) is 12.0 Å². The van der Waals surface area contributed by atoms with Gasteiger partial charge in [-0.15, -0.1) is 0 Å². The van der Waals surface area contributed by atoms with Gasteiger partial charge in [-0.1, -0.05) is 69.4 Å². The largest absolute Gasteiger partial charge is 0.389 e. The van der Waals surface area contributed by atoms with Crippen molar-refractivity contribution >= 4 is 28.2 Å². The molecule has 0 bridgehead atoms. The van der Waals surface area contributed by atoms with Gasteiger partial charge in [-0.05, 0) is 17.7 Å². The lowest BCUT2D eigenvalue weighted by Crippen LogP contribution is -2.19. The second-order valence-corrected chi connectivity index (χ2v) is 7.26. The summed E-state index contributed by atoms with van der Waals surface area (Å²) < 4.78 is 2.30. The summed E-state index contributed by atoms with van der Waals surface area (Å²) in [5.74, 6) is 1.09. The summed E-state index contributed by atoms with van der Waals surface area (Å²) in [7, 11) is 0. The highest BCUT2D eigenvalue weighted by Crippen LogP contribution is 2.27. The Morgan fingerprint density at radius 1 is 1.09 bits per heavy atom. The van der Waals surface area contributed by atoms with E-state index in [0.717, 1.165) is 29.0 Å². The molecule has 0 saturated heterocycles. The lowest BCUT2D eigenvalue weighted by atomic mass is 9.95. The standard InChI is InChI=1S/C19H21N3S/c1-19(2,3)18-21-15-6-4-5-7-16(15)22(18)12-13-8-10-14(11-9-13)17(20)23/h4-11H,12H2,1-3H3,(H2,20,23). The number of nitrogens with zero attached hydrogens (tertiary/aromatic N) is 2. The smallest absolute Gasteiger partial charge is 0.115 e. The number of aromatic nitrogens is 2. The zero-order valence-corrected chi connectivity index (χ0v) is 14.5. The highest BCUT2D eigenvalue weighted by molar-refractivity contribution is 7.80. The van der Waals surface area contributed by atoms with Crippen LogP contribution in [0.15, 0.2) is 48.5 Å². The van der Waals surface area contributed by atoms with Crippen molar-refractivity contribution in [1.29, 1.82) is 0 Å². The van der Waals surface area contributed by atoms with Gasteiger partial charge in [0.2, 0.25) is 0 Å². The zero-order valence-electron chi connectivity index (χ0n) is 13.7. The van der Waals surface area contributed by atoms with Crippen molar-refractivity contribution in [3.05, 3.63) is 65.5 Å². The van der Waals surface area contributed by atoms with Crippen molar-refractivity contribution in [1.82, 2.24) is 9.55 Å². The normalized spacial score (nSPS) is 11.8. The molecule has 118 valence electrons. The van der Waals surface area contributed by atoms with Gasteiger partial charge in [0.15, 0.2) is 0 Å². The van der Waals surface area contributed by atoms with Crippen LogP contribution in [0.1, 0.15) is 37.7 Å². The minimum atomic E-state index is -0.0161. The van der Waals surface area contributed by atoms with Crippen LogP contribution < -0.4 is 5.73 Å². The molecule has 2 N–H and O–H groups in total. The van der Waals surface area contributed by atoms with E-state index in [1.54, 1.807) is 0 Å². The predicted octanol–water partition coefficient (Wildman–Crippen LogP) is 4.02. The quantitative estimate of drug-likeness (QED) is 0.741. The van der Waals surface area contributed by atoms with E-state index in [4.69, 9.17) is 22.9 Å². The molecule has 0 fully saturated rings. The Balaban J connectivity index is 2.06. The maximum Gasteiger partial charge on any atom is 0.115 e. The first-order valence-corrected chi connectivity index (χ1v) is 8.11. The number of nitrogens with two attached hydrogens (primary N) is 1. The van der Waals surface area contributed by atoms with Crippen molar-refractivity contribution in [2.45, 2.75) is 32.7 Å². The van der Waals surface area contributed by atoms with Crippen LogP contribution in [0.3, 0.4) is 0 Å². The van der Waals surface area contributed by atoms with Gasteiger partial charge in [0.05, 0.1) is 11.0 Å². The Bertz CT molecular complexity index is 854. The highest BCUT2D eigenvalue weighted by atomic mass is 32.1. The molecule has 0 saturated carbocycles. The molecular formula is C19H21N3S. The second kappa shape index (κ2) is 5.78. The molecule has 1 heterocycles. The predicted molar refractivity (Wildman–Crippen MR) is 99.9 cm³/mol. The third kappa shape index (κ3) is 3.13. The first-order valence-electron chi connectivity index (χ1n) is 7.71. The van der Waals surface area contributed by atoms with Gasteiger partial charge in [0.1, 0.15) is 10.8 Å². The molecule has 0 amide bonds. The fourth-order valence-electron chi connectivity index (χ4n) is 2.77. The minimum Gasteiger partial charge on any atom is -0.389 e. The summed E-state index contributed by atoms with van der Waals surface area (Å²) >= 11 is 5.02. The molecule has 0 unspecified atom stereocenters. The summed E-state index contributed by atoms with van der Waals surface area (Å²) in [6, 6.07) is 16.4. The summed E-state index contributed by atoms with van der Waals surface area (Å²) in [5.41, 5.74) is 9.96.